The van der Waals surface area contributed by atoms with Crippen molar-refractivity contribution in [1.29, 1.82) is 0 Å². The maximum atomic E-state index is 12.5. The number of phenols is 1. The molecule has 0 heterocycles. The van der Waals surface area contributed by atoms with Gasteiger partial charge in [0.05, 0.1) is 11.1 Å². The van der Waals surface area contributed by atoms with Crippen LogP contribution in [0.1, 0.15) is 37.4 Å². The Morgan fingerprint density at radius 1 is 0.962 bits per heavy atom. The van der Waals surface area contributed by atoms with Gasteiger partial charge in [-0.3, -0.25) is 0 Å². The zero-order chi connectivity index (χ0) is 19.3. The SMILES string of the molecule is Cc1ccc(OC(=O)c2ccc(C(=O)O)c(CCO)c2CCO)cc1O. The number of carbonyl (C=O) groups is 2. The summed E-state index contributed by atoms with van der Waals surface area (Å²) in [5.74, 6) is -1.81. The van der Waals surface area contributed by atoms with Crippen LogP contribution < -0.4 is 4.74 Å². The summed E-state index contributed by atoms with van der Waals surface area (Å²) < 4.78 is 5.27. The van der Waals surface area contributed by atoms with Gasteiger partial charge in [0, 0.05) is 19.3 Å². The number of aromatic carboxylic acids is 1. The molecule has 2 rings (SSSR count). The topological polar surface area (TPSA) is 124 Å². The molecule has 2 aromatic rings. The predicted octanol–water partition coefficient (Wildman–Crippen LogP) is 1.69. The number of esters is 1. The molecule has 7 heteroatoms. The molecule has 138 valence electrons. The van der Waals surface area contributed by atoms with Crippen LogP contribution in [0.2, 0.25) is 0 Å². The van der Waals surface area contributed by atoms with E-state index in [1.807, 2.05) is 0 Å². The van der Waals surface area contributed by atoms with E-state index in [1.165, 1.54) is 24.3 Å². The summed E-state index contributed by atoms with van der Waals surface area (Å²) in [6.07, 6.45) is 0.0729. The Morgan fingerprint density at radius 3 is 2.08 bits per heavy atom. The van der Waals surface area contributed by atoms with Crippen LogP contribution in [-0.2, 0) is 12.8 Å². The molecule has 0 aliphatic rings. The number of carboxylic acid groups (broad SMARTS) is 1. The third-order valence-corrected chi connectivity index (χ3v) is 4.00. The number of rotatable bonds is 7. The molecule has 0 saturated heterocycles. The molecular formula is C19H20O7. The fourth-order valence-electron chi connectivity index (χ4n) is 2.69. The Bertz CT molecular complexity index is 827. The van der Waals surface area contributed by atoms with Crippen LogP contribution in [0.4, 0.5) is 0 Å². The minimum absolute atomic E-state index is 0.0203. The van der Waals surface area contributed by atoms with E-state index >= 15 is 0 Å². The number of hydrogen-bond acceptors (Lipinski definition) is 6. The second-order valence-corrected chi connectivity index (χ2v) is 5.71. The fraction of sp³-hybridized carbons (Fsp3) is 0.263. The van der Waals surface area contributed by atoms with Gasteiger partial charge in [0.15, 0.2) is 0 Å². The zero-order valence-corrected chi connectivity index (χ0v) is 14.2. The normalized spacial score (nSPS) is 10.6. The van der Waals surface area contributed by atoms with Gasteiger partial charge in [0.1, 0.15) is 11.5 Å². The molecule has 0 amide bonds. The van der Waals surface area contributed by atoms with Crippen LogP contribution in [0, 0.1) is 6.92 Å². The Kier molecular flexibility index (Phi) is 6.32. The molecule has 0 atom stereocenters. The Morgan fingerprint density at radius 2 is 1.54 bits per heavy atom. The number of carbonyl (C=O) groups excluding carboxylic acids is 1. The summed E-state index contributed by atoms with van der Waals surface area (Å²) in [5.41, 5.74) is 1.31. The second kappa shape index (κ2) is 8.46. The van der Waals surface area contributed by atoms with E-state index in [0.29, 0.717) is 11.1 Å². The lowest BCUT2D eigenvalue weighted by atomic mass is 9.92. The third kappa shape index (κ3) is 4.19. The molecule has 0 radical (unpaired) electrons. The van der Waals surface area contributed by atoms with Crippen LogP contribution in [0.15, 0.2) is 30.3 Å². The number of aromatic hydroxyl groups is 1. The second-order valence-electron chi connectivity index (χ2n) is 5.71. The number of benzene rings is 2. The molecule has 7 nitrogen and oxygen atoms in total. The highest BCUT2D eigenvalue weighted by Crippen LogP contribution is 2.26. The quantitative estimate of drug-likeness (QED) is 0.437. The number of carboxylic acids is 1. The van der Waals surface area contributed by atoms with E-state index in [1.54, 1.807) is 13.0 Å². The van der Waals surface area contributed by atoms with Crippen molar-refractivity contribution in [2.45, 2.75) is 19.8 Å². The van der Waals surface area contributed by atoms with Crippen molar-refractivity contribution >= 4 is 11.9 Å². The maximum Gasteiger partial charge on any atom is 0.343 e. The summed E-state index contributed by atoms with van der Waals surface area (Å²) in [7, 11) is 0. The van der Waals surface area contributed by atoms with Crippen LogP contribution in [0.25, 0.3) is 0 Å². The Labute approximate surface area is 150 Å². The summed E-state index contributed by atoms with van der Waals surface area (Å²) in [6.45, 7) is 1.10. The number of aliphatic hydroxyl groups is 2. The summed E-state index contributed by atoms with van der Waals surface area (Å²) in [4.78, 5) is 24.0. The first-order chi connectivity index (χ1) is 12.4. The van der Waals surface area contributed by atoms with E-state index in [9.17, 15) is 30.0 Å². The van der Waals surface area contributed by atoms with Crippen molar-refractivity contribution in [3.05, 3.63) is 58.1 Å². The molecule has 26 heavy (non-hydrogen) atoms. The van der Waals surface area contributed by atoms with Crippen molar-refractivity contribution in [3.63, 3.8) is 0 Å². The molecule has 0 aliphatic carbocycles. The molecule has 2 aromatic carbocycles. The van der Waals surface area contributed by atoms with Gasteiger partial charge < -0.3 is 25.2 Å². The average Bonchev–Trinajstić information content (AvgIpc) is 2.59. The van der Waals surface area contributed by atoms with Gasteiger partial charge in [-0.25, -0.2) is 9.59 Å². The number of phenolic OH excluding ortho intramolecular Hbond substituents is 1. The first-order valence-electron chi connectivity index (χ1n) is 8.00. The average molecular weight is 360 g/mol. The minimum Gasteiger partial charge on any atom is -0.508 e. The van der Waals surface area contributed by atoms with Gasteiger partial charge in [-0.15, -0.1) is 0 Å². The summed E-state index contributed by atoms with van der Waals surface area (Å²) in [5, 5.41) is 37.6. The number of hydrogen-bond donors (Lipinski definition) is 4. The number of aliphatic hydroxyl groups excluding tert-OH is 2. The molecule has 0 fully saturated rings. The van der Waals surface area contributed by atoms with Gasteiger partial charge in [-0.1, -0.05) is 6.07 Å². The van der Waals surface area contributed by atoms with Gasteiger partial charge in [0.2, 0.25) is 0 Å². The highest BCUT2D eigenvalue weighted by atomic mass is 16.5. The largest absolute Gasteiger partial charge is 0.508 e. The summed E-state index contributed by atoms with van der Waals surface area (Å²) >= 11 is 0. The number of aryl methyl sites for hydroxylation is 1. The van der Waals surface area contributed by atoms with Crippen molar-refractivity contribution in [2.75, 3.05) is 13.2 Å². The molecular weight excluding hydrogens is 340 g/mol. The Balaban J connectivity index is 2.46. The van der Waals surface area contributed by atoms with E-state index in [2.05, 4.69) is 0 Å². The molecule has 4 N–H and O–H groups in total. The molecule has 0 aromatic heterocycles. The van der Waals surface area contributed by atoms with Crippen LogP contribution in [0.5, 0.6) is 11.5 Å². The van der Waals surface area contributed by atoms with E-state index < -0.39 is 11.9 Å². The van der Waals surface area contributed by atoms with E-state index in [0.717, 1.165) is 0 Å². The van der Waals surface area contributed by atoms with E-state index in [4.69, 9.17) is 4.74 Å². The first kappa shape index (κ1) is 19.4. The monoisotopic (exact) mass is 360 g/mol. The summed E-state index contributed by atoms with van der Waals surface area (Å²) in [6, 6.07) is 7.03. The third-order valence-electron chi connectivity index (χ3n) is 4.00. The van der Waals surface area contributed by atoms with Gasteiger partial charge in [-0.05, 0) is 54.7 Å². The lowest BCUT2D eigenvalue weighted by molar-refractivity contribution is 0.0689. The van der Waals surface area contributed by atoms with Gasteiger partial charge in [-0.2, -0.15) is 0 Å². The van der Waals surface area contributed by atoms with Crippen LogP contribution >= 0.6 is 0 Å². The highest BCUT2D eigenvalue weighted by molar-refractivity contribution is 5.96. The zero-order valence-electron chi connectivity index (χ0n) is 14.2. The first-order valence-corrected chi connectivity index (χ1v) is 8.00. The number of ether oxygens (including phenoxy) is 1. The van der Waals surface area contributed by atoms with E-state index in [-0.39, 0.29) is 54.2 Å². The Hall–Kier alpha value is -2.90. The highest BCUT2D eigenvalue weighted by Gasteiger charge is 2.22. The fourth-order valence-corrected chi connectivity index (χ4v) is 2.69. The van der Waals surface area contributed by atoms with Gasteiger partial charge >= 0.3 is 11.9 Å². The van der Waals surface area contributed by atoms with Gasteiger partial charge in [0.25, 0.3) is 0 Å². The van der Waals surface area contributed by atoms with Crippen LogP contribution in [0.3, 0.4) is 0 Å². The van der Waals surface area contributed by atoms with Crippen molar-refractivity contribution < 1.29 is 34.8 Å². The predicted molar refractivity (Wildman–Crippen MR) is 92.8 cm³/mol. The smallest absolute Gasteiger partial charge is 0.343 e. The minimum atomic E-state index is -1.18. The lowest BCUT2D eigenvalue weighted by Crippen LogP contribution is -2.17. The molecule has 0 bridgehead atoms. The van der Waals surface area contributed by atoms with Crippen LogP contribution in [-0.4, -0.2) is 45.6 Å². The lowest BCUT2D eigenvalue weighted by Gasteiger charge is -2.16. The molecule has 0 aliphatic heterocycles. The maximum absolute atomic E-state index is 12.5. The van der Waals surface area contributed by atoms with Crippen molar-refractivity contribution in [3.8, 4) is 11.5 Å². The molecule has 0 spiro atoms. The van der Waals surface area contributed by atoms with Crippen molar-refractivity contribution in [2.24, 2.45) is 0 Å². The standard InChI is InChI=1S/C19H20O7/c1-11-2-3-12(10-17(11)22)26-19(25)16-5-4-15(18(23)24)13(6-8-20)14(16)7-9-21/h2-5,10,20-22H,6-9H2,1H3,(H,23,24). The van der Waals surface area contributed by atoms with Crippen molar-refractivity contribution in [1.82, 2.24) is 0 Å². The molecule has 0 unspecified atom stereocenters. The molecule has 0 saturated carbocycles.